The van der Waals surface area contributed by atoms with Gasteiger partial charge >= 0.3 is 0 Å². The molecular formula is C74H119N19O29S2. The number of carbonyl (C=O) groups is 5. The van der Waals surface area contributed by atoms with Gasteiger partial charge in [-0.15, -0.1) is 15.3 Å². The lowest BCUT2D eigenvalue weighted by molar-refractivity contribution is -0.272. The van der Waals surface area contributed by atoms with E-state index in [0.717, 1.165) is 4.90 Å². The number of aromatic nitrogens is 12. The lowest BCUT2D eigenvalue weighted by atomic mass is 9.97. The highest BCUT2D eigenvalue weighted by Crippen LogP contribution is 2.31. The fraction of sp³-hybridized carbons (Fsp3) is 0.743. The minimum absolute atomic E-state index is 0.00288. The first-order chi connectivity index (χ1) is 59.8. The van der Waals surface area contributed by atoms with Gasteiger partial charge in [-0.25, -0.2) is 14.0 Å². The Bertz CT molecular complexity index is 3830. The molecule has 5 amide bonds. The van der Waals surface area contributed by atoms with Gasteiger partial charge in [0.2, 0.25) is 29.5 Å². The van der Waals surface area contributed by atoms with Crippen LogP contribution in [0.4, 0.5) is 0 Å². The number of nitrogens with zero attached hydrogens (tertiary/aromatic N) is 13. The van der Waals surface area contributed by atoms with E-state index in [1.165, 1.54) is 27.7 Å². The molecule has 18 N–H and O–H groups in total. The van der Waals surface area contributed by atoms with Gasteiger partial charge in [-0.05, 0) is 31.5 Å². The van der Waals surface area contributed by atoms with Crippen LogP contribution in [0.5, 0.6) is 0 Å². The molecule has 0 spiro atoms. The van der Waals surface area contributed by atoms with E-state index in [2.05, 4.69) is 77.8 Å². The fourth-order valence-electron chi connectivity index (χ4n) is 14.0. The van der Waals surface area contributed by atoms with E-state index in [1.54, 1.807) is 54.2 Å². The number of carbonyl (C=O) groups excluding carboxylic acids is 5. The zero-order valence-corrected chi connectivity index (χ0v) is 71.0. The van der Waals surface area contributed by atoms with Crippen molar-refractivity contribution in [1.82, 2.24) is 96.8 Å². The van der Waals surface area contributed by atoms with Crippen molar-refractivity contribution in [3.05, 3.63) is 77.4 Å². The molecule has 4 aliphatic rings. The summed E-state index contributed by atoms with van der Waals surface area (Å²) in [6.45, 7) is 4.98. The van der Waals surface area contributed by atoms with Crippen molar-refractivity contribution in [2.75, 3.05) is 125 Å². The number of aromatic amines is 1. The fourth-order valence-corrected chi connectivity index (χ4v) is 15.9. The van der Waals surface area contributed by atoms with Crippen molar-refractivity contribution in [3.63, 3.8) is 0 Å². The smallest absolute Gasteiger partial charge is 0.237 e. The van der Waals surface area contributed by atoms with Gasteiger partial charge in [-0.2, -0.15) is 15.4 Å². The first-order valence-electron chi connectivity index (χ1n) is 40.8. The molecule has 48 nitrogen and oxygen atoms in total. The molecule has 50 heteroatoms. The van der Waals surface area contributed by atoms with Crippen molar-refractivity contribution in [1.29, 1.82) is 0 Å². The number of hydrogen-bond donors (Lipinski definition) is 18. The molecule has 4 aromatic heterocycles. The number of unbranched alkanes of at least 4 members (excludes halogenated alkanes) is 1. The molecule has 0 radical (unpaired) electrons. The molecule has 0 aliphatic carbocycles. The Morgan fingerprint density at radius 3 is 1.22 bits per heavy atom. The third-order valence-electron chi connectivity index (χ3n) is 20.2. The van der Waals surface area contributed by atoms with Gasteiger partial charge in [0.25, 0.3) is 0 Å². The topological polar surface area (TPSA) is 639 Å². The summed E-state index contributed by atoms with van der Waals surface area (Å²) in [7, 11) is 3.15. The highest BCUT2D eigenvalue weighted by molar-refractivity contribution is 8.76. The summed E-state index contributed by atoms with van der Waals surface area (Å²) in [5.41, 5.74) is 2.63. The largest absolute Gasteiger partial charge is 0.394 e. The highest BCUT2D eigenvalue weighted by Gasteiger charge is 2.49. The van der Waals surface area contributed by atoms with E-state index in [-0.39, 0.29) is 137 Å². The zero-order chi connectivity index (χ0) is 89.0. The molecule has 0 bridgehead atoms. The lowest BCUT2D eigenvalue weighted by Gasteiger charge is -2.42. The first kappa shape index (κ1) is 101. The van der Waals surface area contributed by atoms with Gasteiger partial charge in [0.1, 0.15) is 97.4 Å². The van der Waals surface area contributed by atoms with Crippen LogP contribution < -0.4 is 26.6 Å². The normalized spacial score (nSPS) is 26.9. The number of aliphatic hydroxyl groups is 12. The molecule has 1 aromatic carbocycles. The maximum Gasteiger partial charge on any atom is 0.237 e. The zero-order valence-electron chi connectivity index (χ0n) is 69.4. The van der Waals surface area contributed by atoms with Crippen LogP contribution in [0.3, 0.4) is 0 Å². The molecule has 124 heavy (non-hydrogen) atoms. The predicted molar refractivity (Wildman–Crippen MR) is 427 cm³/mol. The minimum atomic E-state index is -1.51. The Labute approximate surface area is 721 Å². The Kier molecular flexibility index (Phi) is 42.9. The van der Waals surface area contributed by atoms with Gasteiger partial charge in [0, 0.05) is 96.1 Å². The van der Waals surface area contributed by atoms with E-state index < -0.39 is 179 Å². The molecule has 4 saturated heterocycles. The number of benzene rings is 1. The third-order valence-corrected chi connectivity index (χ3v) is 22.6. The average molecular weight is 1800 g/mol. The van der Waals surface area contributed by atoms with Gasteiger partial charge in [0.15, 0.2) is 25.2 Å². The lowest BCUT2D eigenvalue weighted by Crippen LogP contribution is -2.64. The molecule has 9 rings (SSSR count). The molecule has 4 fully saturated rings. The Morgan fingerprint density at radius 1 is 0.468 bits per heavy atom. The van der Waals surface area contributed by atoms with Crippen LogP contribution in [-0.4, -0.2) is 414 Å². The van der Waals surface area contributed by atoms with E-state index in [4.69, 9.17) is 56.8 Å². The maximum atomic E-state index is 15.2. The minimum Gasteiger partial charge on any atom is -0.394 e. The molecular weight excluding hydrogens is 1680 g/mol. The van der Waals surface area contributed by atoms with Crippen LogP contribution in [0.25, 0.3) is 0 Å². The number of H-pyrrole nitrogens is 1. The Balaban J connectivity index is 0.890. The first-order valence-corrected chi connectivity index (χ1v) is 43.2. The van der Waals surface area contributed by atoms with Crippen LogP contribution in [0.15, 0.2) is 53.8 Å². The SMILES string of the molecule is CC(=O)NC1C(OCCOCCc2n[nH]nc2CN(Cc2cn(CCOCCOC3OC(CO)C(O)C(O)C3NC(C)=O)nn2)[C@H](CCCCN(Cc2cn(CCOCCOC3OC(CO)C(O)C(O)C3NC(C)=O)nn2)Cc2cn(CCOCCOC3OC(CO)C(O)C(O)C3NC(C)=O)nn2)C(=O)NCCSSc2ccccc2)OC(CO)C(O)C1O. The van der Waals surface area contributed by atoms with E-state index in [9.17, 15) is 80.5 Å². The summed E-state index contributed by atoms with van der Waals surface area (Å²) >= 11 is 0. The number of rotatable bonds is 56. The van der Waals surface area contributed by atoms with Crippen molar-refractivity contribution in [3.8, 4) is 0 Å². The van der Waals surface area contributed by atoms with Gasteiger partial charge in [-0.1, -0.05) is 61.8 Å². The third kappa shape index (κ3) is 31.6. The maximum absolute atomic E-state index is 15.2. The van der Waals surface area contributed by atoms with E-state index in [0.29, 0.717) is 66.6 Å². The summed E-state index contributed by atoms with van der Waals surface area (Å²) in [6, 6.07) is 4.41. The van der Waals surface area contributed by atoms with E-state index in [1.807, 2.05) is 35.2 Å². The van der Waals surface area contributed by atoms with Crippen LogP contribution in [0.2, 0.25) is 0 Å². The molecule has 0 saturated carbocycles. The summed E-state index contributed by atoms with van der Waals surface area (Å²) in [5.74, 6) is -1.76. The summed E-state index contributed by atoms with van der Waals surface area (Å²) < 4.78 is 74.3. The molecule has 5 aromatic rings. The second-order valence-electron chi connectivity index (χ2n) is 29.7. The van der Waals surface area contributed by atoms with Gasteiger partial charge in [-0.3, -0.25) is 33.8 Å². The van der Waals surface area contributed by atoms with Crippen LogP contribution in [-0.2, 0) is 133 Å². The standard InChI is InChI=1S/C74H119N19O29S2/c1-43(98)76-58-66(106)62(102)54(39-94)119-71(58)115-27-23-111-19-13-51-52(84-85-83-51)38-90(34-49-37-93(88-82-49)18-22-114-26-30-118-74-61(79-46(4)101)69(109)65(105)57(42-97)122-74)53(70(110)75-14-31-123-124-50-10-6-5-7-11-50)12-8-9-15-89(32-47-35-91(86-80-47)16-20-112-24-28-116-72-59(77-44(2)99)67(107)63(103)55(40-95)120-72)33-48-36-92(87-81-48)17-21-113-25-29-117-73-60(78-45(3)100)68(108)64(104)56(41-96)121-73/h5-7,10-11,35-37,53-69,71-74,94-97,102-109H,8-9,12-34,38-42H2,1-4H3,(H,75,110)(H,76,98)(H,77,99)(H,78,100)(H,79,101)(H,83,84,85)/t53-,54?,55?,56?,57?,58?,59?,60?,61?,62?,63?,64?,65?,66?,67?,68?,69?,71?,72?,73?,74?/m1/s1. The quantitative estimate of drug-likeness (QED) is 0.0127. The second-order valence-corrected chi connectivity index (χ2v) is 32.2. The van der Waals surface area contributed by atoms with Crippen molar-refractivity contribution in [2.45, 2.75) is 233 Å². The number of nitrogens with one attached hydrogen (secondary N) is 6. The van der Waals surface area contributed by atoms with Crippen LogP contribution in [0, 0.1) is 0 Å². The monoisotopic (exact) mass is 1800 g/mol. The van der Waals surface area contributed by atoms with Gasteiger partial charge < -0.3 is 145 Å². The Hall–Kier alpha value is -7.21. The molecule has 696 valence electrons. The van der Waals surface area contributed by atoms with Crippen LogP contribution >= 0.6 is 21.6 Å². The predicted octanol–water partition coefficient (Wildman–Crippen LogP) is -8.17. The number of aliphatic hydroxyl groups excluding tert-OH is 12. The molecule has 8 heterocycles. The van der Waals surface area contributed by atoms with Gasteiger partial charge in [0.05, 0.1) is 160 Å². The number of hydrogen-bond acceptors (Lipinski definition) is 41. The second kappa shape index (κ2) is 52.9. The number of amides is 5. The summed E-state index contributed by atoms with van der Waals surface area (Å²) in [6.07, 6.45) is -14.7. The summed E-state index contributed by atoms with van der Waals surface area (Å²) in [5, 5.41) is 176. The molecule has 4 aliphatic heterocycles. The van der Waals surface area contributed by atoms with E-state index >= 15 is 4.79 Å². The Morgan fingerprint density at radius 2 is 0.839 bits per heavy atom. The number of ether oxygens (including phenoxy) is 12. The molecule has 20 unspecified atom stereocenters. The summed E-state index contributed by atoms with van der Waals surface area (Å²) in [4.78, 5) is 68.3. The van der Waals surface area contributed by atoms with Crippen molar-refractivity contribution < 1.29 is 142 Å². The average Bonchev–Trinajstić information content (AvgIpc) is 1.22. The van der Waals surface area contributed by atoms with Crippen molar-refractivity contribution in [2.24, 2.45) is 0 Å². The highest BCUT2D eigenvalue weighted by atomic mass is 33.1. The molecule has 21 atom stereocenters. The van der Waals surface area contributed by atoms with Crippen LogP contribution in [0.1, 0.15) is 75.4 Å². The van der Waals surface area contributed by atoms with Crippen molar-refractivity contribution >= 4 is 51.1 Å².